The second kappa shape index (κ2) is 9.05. The lowest BCUT2D eigenvalue weighted by atomic mass is 10.2. The normalized spacial score (nSPS) is 14.7. The molecule has 26 heavy (non-hydrogen) atoms. The summed E-state index contributed by atoms with van der Waals surface area (Å²) in [6.45, 7) is 7.65. The summed E-state index contributed by atoms with van der Waals surface area (Å²) in [5.74, 6) is 1.10. The highest BCUT2D eigenvalue weighted by atomic mass is 32.1. The molecule has 0 atom stereocenters. The molecule has 5 nitrogen and oxygen atoms in total. The number of nitrogens with zero attached hydrogens (tertiary/aromatic N) is 3. The third kappa shape index (κ3) is 4.77. The largest absolute Gasteiger partial charge is 0.497 e. The molecule has 1 aliphatic rings. The first-order valence-corrected chi connectivity index (χ1v) is 9.99. The Kier molecular flexibility index (Phi) is 6.52. The highest BCUT2D eigenvalue weighted by molar-refractivity contribution is 7.09. The Morgan fingerprint density at radius 3 is 2.46 bits per heavy atom. The van der Waals surface area contributed by atoms with Gasteiger partial charge in [-0.15, -0.1) is 11.3 Å². The van der Waals surface area contributed by atoms with E-state index in [2.05, 4.69) is 46.4 Å². The summed E-state index contributed by atoms with van der Waals surface area (Å²) in [5, 5.41) is 2.09. The standard InChI is InChI=1S/C20H27N3O2S/c1-3-21(15-19-5-4-14-26-19)16-20(24)23-12-10-22(11-13-23)17-6-8-18(25-2)9-7-17/h4-9,14H,3,10-13,15-16H2,1-2H3. The van der Waals surface area contributed by atoms with Crippen LogP contribution in [0.2, 0.25) is 0 Å². The zero-order valence-electron chi connectivity index (χ0n) is 15.6. The van der Waals surface area contributed by atoms with E-state index in [-0.39, 0.29) is 5.91 Å². The van der Waals surface area contributed by atoms with E-state index in [1.807, 2.05) is 17.0 Å². The Hall–Kier alpha value is -2.05. The van der Waals surface area contributed by atoms with Gasteiger partial charge < -0.3 is 14.5 Å². The zero-order chi connectivity index (χ0) is 18.4. The van der Waals surface area contributed by atoms with Gasteiger partial charge in [0.25, 0.3) is 0 Å². The van der Waals surface area contributed by atoms with Crippen molar-refractivity contribution in [2.75, 3.05) is 51.3 Å². The summed E-state index contributed by atoms with van der Waals surface area (Å²) in [6, 6.07) is 12.3. The van der Waals surface area contributed by atoms with Crippen LogP contribution >= 0.6 is 11.3 Å². The summed E-state index contributed by atoms with van der Waals surface area (Å²) in [7, 11) is 1.68. The minimum absolute atomic E-state index is 0.234. The number of thiophene rings is 1. The quantitative estimate of drug-likeness (QED) is 0.748. The highest BCUT2D eigenvalue weighted by Gasteiger charge is 2.22. The molecule has 0 N–H and O–H groups in total. The number of carbonyl (C=O) groups is 1. The maximum Gasteiger partial charge on any atom is 0.236 e. The lowest BCUT2D eigenvalue weighted by Crippen LogP contribution is -2.51. The summed E-state index contributed by atoms with van der Waals surface area (Å²) in [5.41, 5.74) is 1.19. The summed E-state index contributed by atoms with van der Waals surface area (Å²) >= 11 is 1.75. The Morgan fingerprint density at radius 1 is 1.15 bits per heavy atom. The second-order valence-electron chi connectivity index (χ2n) is 6.45. The monoisotopic (exact) mass is 373 g/mol. The zero-order valence-corrected chi connectivity index (χ0v) is 16.4. The molecule has 0 radical (unpaired) electrons. The van der Waals surface area contributed by atoms with Crippen LogP contribution in [0.4, 0.5) is 5.69 Å². The van der Waals surface area contributed by atoms with Gasteiger partial charge in [-0.25, -0.2) is 0 Å². The van der Waals surface area contributed by atoms with Gasteiger partial charge in [-0.05, 0) is 42.3 Å². The van der Waals surface area contributed by atoms with Gasteiger partial charge in [0.1, 0.15) is 5.75 Å². The number of piperazine rings is 1. The second-order valence-corrected chi connectivity index (χ2v) is 7.48. The number of benzene rings is 1. The van der Waals surface area contributed by atoms with Crippen molar-refractivity contribution in [1.29, 1.82) is 0 Å². The number of ether oxygens (including phenoxy) is 1. The molecule has 0 aliphatic carbocycles. The van der Waals surface area contributed by atoms with E-state index in [4.69, 9.17) is 4.74 Å². The molecular formula is C20H27N3O2S. The predicted molar refractivity (Wildman–Crippen MR) is 107 cm³/mol. The fraction of sp³-hybridized carbons (Fsp3) is 0.450. The van der Waals surface area contributed by atoms with Gasteiger partial charge in [-0.1, -0.05) is 13.0 Å². The minimum Gasteiger partial charge on any atom is -0.497 e. The van der Waals surface area contributed by atoms with Gasteiger partial charge in [0.05, 0.1) is 13.7 Å². The summed E-state index contributed by atoms with van der Waals surface area (Å²) in [6.07, 6.45) is 0. The van der Waals surface area contributed by atoms with E-state index >= 15 is 0 Å². The molecule has 0 bridgehead atoms. The number of anilines is 1. The SMILES string of the molecule is CCN(CC(=O)N1CCN(c2ccc(OC)cc2)CC1)Cc1cccs1. The van der Waals surface area contributed by atoms with Crippen LogP contribution in [0.1, 0.15) is 11.8 Å². The van der Waals surface area contributed by atoms with Crippen LogP contribution in [0.3, 0.4) is 0 Å². The van der Waals surface area contributed by atoms with Crippen molar-refractivity contribution in [2.45, 2.75) is 13.5 Å². The van der Waals surface area contributed by atoms with Crippen molar-refractivity contribution in [2.24, 2.45) is 0 Å². The van der Waals surface area contributed by atoms with Gasteiger partial charge in [0.15, 0.2) is 0 Å². The molecule has 0 unspecified atom stereocenters. The van der Waals surface area contributed by atoms with Gasteiger partial charge >= 0.3 is 0 Å². The number of likely N-dealkylation sites (N-methyl/N-ethyl adjacent to an activating group) is 1. The first-order valence-electron chi connectivity index (χ1n) is 9.11. The van der Waals surface area contributed by atoms with Crippen LogP contribution in [0.15, 0.2) is 41.8 Å². The van der Waals surface area contributed by atoms with E-state index in [0.717, 1.165) is 45.0 Å². The smallest absolute Gasteiger partial charge is 0.236 e. The van der Waals surface area contributed by atoms with E-state index in [1.54, 1.807) is 18.4 Å². The third-order valence-corrected chi connectivity index (χ3v) is 5.70. The van der Waals surface area contributed by atoms with Crippen LogP contribution in [0, 0.1) is 0 Å². The molecule has 1 fully saturated rings. The van der Waals surface area contributed by atoms with Crippen molar-refractivity contribution in [1.82, 2.24) is 9.80 Å². The van der Waals surface area contributed by atoms with Crippen LogP contribution < -0.4 is 9.64 Å². The van der Waals surface area contributed by atoms with E-state index in [0.29, 0.717) is 6.54 Å². The van der Waals surface area contributed by atoms with E-state index in [9.17, 15) is 4.79 Å². The number of hydrogen-bond acceptors (Lipinski definition) is 5. The molecule has 0 spiro atoms. The first kappa shape index (κ1) is 18.7. The lowest BCUT2D eigenvalue weighted by molar-refractivity contribution is -0.132. The Morgan fingerprint density at radius 2 is 1.88 bits per heavy atom. The molecule has 1 aromatic carbocycles. The third-order valence-electron chi connectivity index (χ3n) is 4.84. The molecule has 0 saturated carbocycles. The molecule has 1 aliphatic heterocycles. The predicted octanol–water partition coefficient (Wildman–Crippen LogP) is 2.93. The van der Waals surface area contributed by atoms with Crippen LogP contribution in [0.25, 0.3) is 0 Å². The van der Waals surface area contributed by atoms with Gasteiger partial charge in [0, 0.05) is 43.3 Å². The molecule has 140 valence electrons. The summed E-state index contributed by atoms with van der Waals surface area (Å²) < 4.78 is 5.21. The first-order chi connectivity index (χ1) is 12.7. The Labute approximate surface area is 159 Å². The molecule has 2 heterocycles. The van der Waals surface area contributed by atoms with Crippen LogP contribution in [-0.2, 0) is 11.3 Å². The minimum atomic E-state index is 0.234. The molecular weight excluding hydrogens is 346 g/mol. The maximum atomic E-state index is 12.7. The van der Waals surface area contributed by atoms with Crippen molar-refractivity contribution in [3.05, 3.63) is 46.7 Å². The number of rotatable bonds is 7. The summed E-state index contributed by atoms with van der Waals surface area (Å²) in [4.78, 5) is 20.5. The number of hydrogen-bond donors (Lipinski definition) is 0. The Bertz CT molecular complexity index is 680. The van der Waals surface area contributed by atoms with Crippen molar-refractivity contribution in [3.63, 3.8) is 0 Å². The highest BCUT2D eigenvalue weighted by Crippen LogP contribution is 2.20. The molecule has 1 amide bonds. The fourth-order valence-electron chi connectivity index (χ4n) is 3.20. The average molecular weight is 374 g/mol. The van der Waals surface area contributed by atoms with E-state index < -0.39 is 0 Å². The average Bonchev–Trinajstić information content (AvgIpc) is 3.20. The van der Waals surface area contributed by atoms with Gasteiger partial charge in [-0.3, -0.25) is 9.69 Å². The van der Waals surface area contributed by atoms with Gasteiger partial charge in [0.2, 0.25) is 5.91 Å². The van der Waals surface area contributed by atoms with Crippen molar-refractivity contribution >= 4 is 22.9 Å². The molecule has 3 rings (SSSR count). The number of carbonyl (C=O) groups excluding carboxylic acids is 1. The lowest BCUT2D eigenvalue weighted by Gasteiger charge is -2.37. The molecule has 6 heteroatoms. The van der Waals surface area contributed by atoms with E-state index in [1.165, 1.54) is 10.6 Å². The fourth-order valence-corrected chi connectivity index (χ4v) is 3.95. The molecule has 2 aromatic rings. The molecule has 1 aromatic heterocycles. The van der Waals surface area contributed by atoms with Gasteiger partial charge in [-0.2, -0.15) is 0 Å². The number of amides is 1. The molecule has 1 saturated heterocycles. The number of methoxy groups -OCH3 is 1. The van der Waals surface area contributed by atoms with Crippen molar-refractivity contribution in [3.8, 4) is 5.75 Å². The van der Waals surface area contributed by atoms with Crippen molar-refractivity contribution < 1.29 is 9.53 Å². The van der Waals surface area contributed by atoms with Crippen LogP contribution in [0.5, 0.6) is 5.75 Å². The Balaban J connectivity index is 1.49. The van der Waals surface area contributed by atoms with Crippen LogP contribution in [-0.4, -0.2) is 62.1 Å². The maximum absolute atomic E-state index is 12.7. The topological polar surface area (TPSA) is 36.0 Å².